The second-order valence-corrected chi connectivity index (χ2v) is 8.24. The largest absolute Gasteiger partial charge is 0.493 e. The molecule has 7 nitrogen and oxygen atoms in total. The molecule has 0 aromatic heterocycles. The molecule has 9 heteroatoms. The number of halogens is 2. The third-order valence-corrected chi connectivity index (χ3v) is 5.55. The molecule has 0 aliphatic rings. The zero-order valence-corrected chi connectivity index (χ0v) is 20.2. The molecule has 0 saturated heterocycles. The van der Waals surface area contributed by atoms with E-state index in [0.29, 0.717) is 32.2 Å². The van der Waals surface area contributed by atoms with Crippen molar-refractivity contribution in [3.05, 3.63) is 92.4 Å². The smallest absolute Gasteiger partial charge is 0.335 e. The van der Waals surface area contributed by atoms with Crippen LogP contribution in [0, 0.1) is 11.3 Å². The summed E-state index contributed by atoms with van der Waals surface area (Å²) in [6.45, 7) is 0.184. The van der Waals surface area contributed by atoms with Crippen LogP contribution < -0.4 is 14.8 Å². The molecule has 0 aliphatic carbocycles. The molecule has 0 spiro atoms. The van der Waals surface area contributed by atoms with E-state index >= 15 is 0 Å². The molecule has 0 unspecified atom stereocenters. The van der Waals surface area contributed by atoms with Gasteiger partial charge in [0, 0.05) is 15.2 Å². The fourth-order valence-corrected chi connectivity index (χ4v) is 3.53. The Bertz CT molecular complexity index is 1300. The first-order chi connectivity index (χ1) is 16.3. The van der Waals surface area contributed by atoms with E-state index in [1.54, 1.807) is 48.5 Å². The Morgan fingerprint density at radius 2 is 1.88 bits per heavy atom. The fourth-order valence-electron chi connectivity index (χ4n) is 2.91. The van der Waals surface area contributed by atoms with Gasteiger partial charge in [-0.2, -0.15) is 5.26 Å². The first-order valence-electron chi connectivity index (χ1n) is 9.82. The minimum Gasteiger partial charge on any atom is -0.493 e. The van der Waals surface area contributed by atoms with Crippen LogP contribution in [0.2, 0.25) is 5.02 Å². The number of aromatic carboxylic acids is 1. The van der Waals surface area contributed by atoms with Crippen LogP contribution in [0.25, 0.3) is 6.08 Å². The van der Waals surface area contributed by atoms with Crippen LogP contribution in [0.5, 0.6) is 11.5 Å². The van der Waals surface area contributed by atoms with Gasteiger partial charge in [0.25, 0.3) is 5.91 Å². The minimum atomic E-state index is -1.00. The Balaban J connectivity index is 1.79. The molecule has 0 radical (unpaired) electrons. The van der Waals surface area contributed by atoms with Crippen molar-refractivity contribution in [2.24, 2.45) is 0 Å². The summed E-state index contributed by atoms with van der Waals surface area (Å²) in [6.07, 6.45) is 1.43. The van der Waals surface area contributed by atoms with Crippen molar-refractivity contribution in [3.8, 4) is 17.6 Å². The summed E-state index contributed by atoms with van der Waals surface area (Å²) in [6, 6.07) is 18.2. The molecule has 0 bridgehead atoms. The van der Waals surface area contributed by atoms with E-state index in [9.17, 15) is 14.9 Å². The van der Waals surface area contributed by atoms with E-state index < -0.39 is 11.9 Å². The lowest BCUT2D eigenvalue weighted by atomic mass is 10.1. The highest BCUT2D eigenvalue weighted by Crippen LogP contribution is 2.35. The number of ether oxygens (including phenoxy) is 2. The molecule has 3 aromatic rings. The standard InChI is InChI=1S/C25H18BrClN2O5/c1-33-22-10-17(9-18(13-28)24(30)29-20-4-2-3-19(27)11-20)21(26)12-23(22)34-14-15-5-7-16(8-6-15)25(31)32/h2-12H,14H2,1H3,(H,29,30)(H,31,32)/b18-9+. The van der Waals surface area contributed by atoms with Crippen molar-refractivity contribution in [3.63, 3.8) is 0 Å². The number of carbonyl (C=O) groups excluding carboxylic acids is 1. The first-order valence-corrected chi connectivity index (χ1v) is 11.0. The second kappa shape index (κ2) is 11.4. The predicted molar refractivity (Wildman–Crippen MR) is 132 cm³/mol. The van der Waals surface area contributed by atoms with Gasteiger partial charge in [-0.1, -0.05) is 45.7 Å². The van der Waals surface area contributed by atoms with Crippen molar-refractivity contribution in [2.75, 3.05) is 12.4 Å². The molecular formula is C25H18BrClN2O5. The summed E-state index contributed by atoms with van der Waals surface area (Å²) >= 11 is 9.38. The van der Waals surface area contributed by atoms with Crippen LogP contribution in [-0.2, 0) is 11.4 Å². The minimum absolute atomic E-state index is 0.116. The third kappa shape index (κ3) is 6.38. The number of amides is 1. The summed E-state index contributed by atoms with van der Waals surface area (Å²) in [5.74, 6) is -0.764. The summed E-state index contributed by atoms with van der Waals surface area (Å²) in [5, 5.41) is 21.6. The molecule has 1 amide bonds. The number of nitriles is 1. The zero-order chi connectivity index (χ0) is 24.7. The molecular weight excluding hydrogens is 524 g/mol. The molecule has 0 fully saturated rings. The van der Waals surface area contributed by atoms with Crippen molar-refractivity contribution < 1.29 is 24.2 Å². The average molecular weight is 542 g/mol. The molecule has 3 aromatic carbocycles. The van der Waals surface area contributed by atoms with Gasteiger partial charge in [-0.05, 0) is 59.7 Å². The number of anilines is 1. The molecule has 2 N–H and O–H groups in total. The molecule has 3 rings (SSSR count). The monoisotopic (exact) mass is 540 g/mol. The van der Waals surface area contributed by atoms with Gasteiger partial charge >= 0.3 is 5.97 Å². The lowest BCUT2D eigenvalue weighted by molar-refractivity contribution is -0.112. The van der Waals surface area contributed by atoms with Gasteiger partial charge < -0.3 is 19.9 Å². The van der Waals surface area contributed by atoms with E-state index in [2.05, 4.69) is 21.2 Å². The number of carboxylic acid groups (broad SMARTS) is 1. The lowest BCUT2D eigenvalue weighted by Gasteiger charge is -2.13. The van der Waals surface area contributed by atoms with Crippen molar-refractivity contribution >= 4 is 51.2 Å². The number of nitrogens with zero attached hydrogens (tertiary/aromatic N) is 1. The topological polar surface area (TPSA) is 109 Å². The van der Waals surface area contributed by atoms with Crippen LogP contribution >= 0.6 is 27.5 Å². The number of nitrogens with one attached hydrogen (secondary N) is 1. The van der Waals surface area contributed by atoms with Crippen LogP contribution in [0.1, 0.15) is 21.5 Å². The van der Waals surface area contributed by atoms with E-state index in [1.807, 2.05) is 6.07 Å². The van der Waals surface area contributed by atoms with Crippen LogP contribution in [0.4, 0.5) is 5.69 Å². The highest BCUT2D eigenvalue weighted by atomic mass is 79.9. The maximum atomic E-state index is 12.6. The van der Waals surface area contributed by atoms with Gasteiger partial charge in [0.05, 0.1) is 12.7 Å². The summed E-state index contributed by atoms with van der Waals surface area (Å²) in [5.41, 5.74) is 1.85. The maximum absolute atomic E-state index is 12.6. The van der Waals surface area contributed by atoms with Gasteiger partial charge in [-0.25, -0.2) is 4.79 Å². The highest BCUT2D eigenvalue weighted by Gasteiger charge is 2.14. The van der Waals surface area contributed by atoms with Gasteiger partial charge in [0.15, 0.2) is 11.5 Å². The molecule has 0 saturated carbocycles. The van der Waals surface area contributed by atoms with Crippen molar-refractivity contribution in [1.29, 1.82) is 5.26 Å². The Hall–Kier alpha value is -3.80. The fraction of sp³-hybridized carbons (Fsp3) is 0.0800. The second-order valence-electron chi connectivity index (χ2n) is 6.95. The quantitative estimate of drug-likeness (QED) is 0.270. The number of carbonyl (C=O) groups is 2. The van der Waals surface area contributed by atoms with E-state index in [0.717, 1.165) is 5.56 Å². The molecule has 0 atom stereocenters. The summed E-state index contributed by atoms with van der Waals surface area (Å²) < 4.78 is 11.8. The molecule has 172 valence electrons. The molecule has 34 heavy (non-hydrogen) atoms. The summed E-state index contributed by atoms with van der Waals surface area (Å²) in [7, 11) is 1.47. The Morgan fingerprint density at radius 1 is 1.15 bits per heavy atom. The first kappa shape index (κ1) is 24.8. The number of hydrogen-bond donors (Lipinski definition) is 2. The Morgan fingerprint density at radius 3 is 2.50 bits per heavy atom. The van der Waals surface area contributed by atoms with Crippen LogP contribution in [0.3, 0.4) is 0 Å². The normalized spacial score (nSPS) is 10.8. The highest BCUT2D eigenvalue weighted by molar-refractivity contribution is 9.10. The SMILES string of the molecule is COc1cc(/C=C(\C#N)C(=O)Nc2cccc(Cl)c2)c(Br)cc1OCc1ccc(C(=O)O)cc1. The molecule has 0 aliphatic heterocycles. The van der Waals surface area contributed by atoms with Gasteiger partial charge in [0.2, 0.25) is 0 Å². The van der Waals surface area contributed by atoms with Crippen molar-refractivity contribution in [2.45, 2.75) is 6.61 Å². The van der Waals surface area contributed by atoms with Crippen LogP contribution in [-0.4, -0.2) is 24.1 Å². The van der Waals surface area contributed by atoms with E-state index in [4.69, 9.17) is 26.2 Å². The number of carboxylic acids is 1. The Labute approximate surface area is 209 Å². The van der Waals surface area contributed by atoms with Gasteiger partial charge in [-0.15, -0.1) is 0 Å². The van der Waals surface area contributed by atoms with Crippen molar-refractivity contribution in [1.82, 2.24) is 0 Å². The number of methoxy groups -OCH3 is 1. The van der Waals surface area contributed by atoms with Gasteiger partial charge in [-0.3, -0.25) is 4.79 Å². The van der Waals surface area contributed by atoms with E-state index in [-0.39, 0.29) is 17.7 Å². The maximum Gasteiger partial charge on any atom is 0.335 e. The zero-order valence-electron chi connectivity index (χ0n) is 17.8. The third-order valence-electron chi connectivity index (χ3n) is 4.63. The van der Waals surface area contributed by atoms with Crippen LogP contribution in [0.15, 0.2) is 70.7 Å². The van der Waals surface area contributed by atoms with Gasteiger partial charge in [0.1, 0.15) is 18.2 Å². The number of rotatable bonds is 8. The lowest BCUT2D eigenvalue weighted by Crippen LogP contribution is -2.13. The molecule has 0 heterocycles. The number of benzene rings is 3. The van der Waals surface area contributed by atoms with E-state index in [1.165, 1.54) is 25.3 Å². The summed E-state index contributed by atoms with van der Waals surface area (Å²) in [4.78, 5) is 23.5. The number of hydrogen-bond acceptors (Lipinski definition) is 5. The average Bonchev–Trinajstić information content (AvgIpc) is 2.82. The predicted octanol–water partition coefficient (Wildman–Crippen LogP) is 5.93. The Kier molecular flexibility index (Phi) is 8.30.